The highest BCUT2D eigenvalue weighted by molar-refractivity contribution is 5.38. The molecule has 16 heavy (non-hydrogen) atoms. The predicted octanol–water partition coefficient (Wildman–Crippen LogP) is 0.997. The molecule has 0 spiro atoms. The highest BCUT2D eigenvalue weighted by Gasteiger charge is 2.05. The molecule has 2 N–H and O–H groups in total. The third-order valence-electron chi connectivity index (χ3n) is 2.06. The zero-order chi connectivity index (χ0) is 11.8. The van der Waals surface area contributed by atoms with Gasteiger partial charge in [-0.1, -0.05) is 12.1 Å². The van der Waals surface area contributed by atoms with Crippen LogP contribution in [0.2, 0.25) is 0 Å². The molecule has 0 bridgehead atoms. The Balaban J connectivity index is 2.37. The highest BCUT2D eigenvalue weighted by Crippen LogP contribution is 2.13. The SMILES string of the molecule is O=Nc1ccc(CC(O)COCCO)cc1. The van der Waals surface area contributed by atoms with Gasteiger partial charge in [-0.25, -0.2) is 0 Å². The minimum Gasteiger partial charge on any atom is -0.394 e. The van der Waals surface area contributed by atoms with Crippen molar-refractivity contribution in [1.29, 1.82) is 0 Å². The van der Waals surface area contributed by atoms with Gasteiger partial charge in [-0.3, -0.25) is 0 Å². The Labute approximate surface area is 93.7 Å². The van der Waals surface area contributed by atoms with E-state index in [4.69, 9.17) is 9.84 Å². The maximum Gasteiger partial charge on any atom is 0.108 e. The summed E-state index contributed by atoms with van der Waals surface area (Å²) < 4.78 is 4.99. The number of ether oxygens (including phenoxy) is 1. The van der Waals surface area contributed by atoms with Gasteiger partial charge in [0.25, 0.3) is 0 Å². The third-order valence-corrected chi connectivity index (χ3v) is 2.06. The molecule has 0 fully saturated rings. The molecule has 1 aromatic rings. The topological polar surface area (TPSA) is 79.1 Å². The lowest BCUT2D eigenvalue weighted by molar-refractivity contribution is 0.0218. The van der Waals surface area contributed by atoms with Gasteiger partial charge in [0.05, 0.1) is 25.9 Å². The van der Waals surface area contributed by atoms with Crippen molar-refractivity contribution in [3.63, 3.8) is 0 Å². The summed E-state index contributed by atoms with van der Waals surface area (Å²) in [6.45, 7) is 0.367. The molecule has 0 saturated carbocycles. The summed E-state index contributed by atoms with van der Waals surface area (Å²) in [5.41, 5.74) is 1.28. The molecule has 0 aromatic heterocycles. The quantitative estimate of drug-likeness (QED) is 0.536. The Morgan fingerprint density at radius 1 is 1.31 bits per heavy atom. The van der Waals surface area contributed by atoms with Crippen LogP contribution in [0.5, 0.6) is 0 Å². The Hall–Kier alpha value is -1.30. The normalized spacial score (nSPS) is 12.4. The van der Waals surface area contributed by atoms with Crippen LogP contribution in [0, 0.1) is 4.91 Å². The lowest BCUT2D eigenvalue weighted by Crippen LogP contribution is -2.19. The molecular formula is C11H15NO4. The van der Waals surface area contributed by atoms with E-state index in [-0.39, 0.29) is 19.8 Å². The third kappa shape index (κ3) is 4.48. The van der Waals surface area contributed by atoms with Crippen LogP contribution in [0.4, 0.5) is 5.69 Å². The minimum absolute atomic E-state index is 0.0492. The number of hydrogen-bond acceptors (Lipinski definition) is 5. The van der Waals surface area contributed by atoms with Gasteiger partial charge in [0.1, 0.15) is 5.69 Å². The van der Waals surface area contributed by atoms with Crippen LogP contribution >= 0.6 is 0 Å². The van der Waals surface area contributed by atoms with Crippen molar-refractivity contribution in [1.82, 2.24) is 0 Å². The molecule has 0 saturated heterocycles. The van der Waals surface area contributed by atoms with Crippen LogP contribution in [0.25, 0.3) is 0 Å². The Kier molecular flexibility index (Phi) is 5.63. The summed E-state index contributed by atoms with van der Waals surface area (Å²) in [4.78, 5) is 10.2. The predicted molar refractivity (Wildman–Crippen MR) is 59.5 cm³/mol. The van der Waals surface area contributed by atoms with Gasteiger partial charge in [0.2, 0.25) is 0 Å². The molecule has 1 rings (SSSR count). The maximum atomic E-state index is 10.2. The first-order chi connectivity index (χ1) is 7.76. The molecule has 5 nitrogen and oxygen atoms in total. The fourth-order valence-electron chi connectivity index (χ4n) is 1.31. The van der Waals surface area contributed by atoms with Crippen molar-refractivity contribution >= 4 is 5.69 Å². The first-order valence-corrected chi connectivity index (χ1v) is 5.05. The second-order valence-electron chi connectivity index (χ2n) is 3.41. The molecular weight excluding hydrogens is 210 g/mol. The second-order valence-corrected chi connectivity index (χ2v) is 3.41. The van der Waals surface area contributed by atoms with Gasteiger partial charge in [-0.05, 0) is 22.9 Å². The van der Waals surface area contributed by atoms with E-state index in [9.17, 15) is 10.0 Å². The van der Waals surface area contributed by atoms with E-state index in [2.05, 4.69) is 5.18 Å². The van der Waals surface area contributed by atoms with Gasteiger partial charge >= 0.3 is 0 Å². The Morgan fingerprint density at radius 3 is 2.56 bits per heavy atom. The summed E-state index contributed by atoms with van der Waals surface area (Å²) >= 11 is 0. The summed E-state index contributed by atoms with van der Waals surface area (Å²) in [7, 11) is 0. The summed E-state index contributed by atoms with van der Waals surface area (Å²) in [6, 6.07) is 6.69. The molecule has 0 aliphatic heterocycles. The summed E-state index contributed by atoms with van der Waals surface area (Å²) in [5, 5.41) is 20.8. The lowest BCUT2D eigenvalue weighted by atomic mass is 10.1. The highest BCUT2D eigenvalue weighted by atomic mass is 16.5. The molecule has 0 aliphatic carbocycles. The van der Waals surface area contributed by atoms with E-state index in [1.165, 1.54) is 0 Å². The van der Waals surface area contributed by atoms with E-state index in [0.29, 0.717) is 12.1 Å². The number of aliphatic hydroxyl groups is 2. The summed E-state index contributed by atoms with van der Waals surface area (Å²) in [5.74, 6) is 0. The molecule has 88 valence electrons. The van der Waals surface area contributed by atoms with Crippen molar-refractivity contribution in [2.24, 2.45) is 5.18 Å². The number of nitroso groups, excluding NO2 is 1. The van der Waals surface area contributed by atoms with Crippen molar-refractivity contribution in [3.8, 4) is 0 Å². The van der Waals surface area contributed by atoms with Crippen molar-refractivity contribution in [3.05, 3.63) is 34.7 Å². The van der Waals surface area contributed by atoms with Crippen molar-refractivity contribution in [2.45, 2.75) is 12.5 Å². The smallest absolute Gasteiger partial charge is 0.108 e. The van der Waals surface area contributed by atoms with Gasteiger partial charge in [0, 0.05) is 6.42 Å². The number of hydrogen-bond donors (Lipinski definition) is 2. The van der Waals surface area contributed by atoms with E-state index in [1.807, 2.05) is 0 Å². The molecule has 0 radical (unpaired) electrons. The van der Waals surface area contributed by atoms with Gasteiger partial charge in [-0.2, -0.15) is 0 Å². The number of aliphatic hydroxyl groups excluding tert-OH is 2. The molecule has 5 heteroatoms. The van der Waals surface area contributed by atoms with E-state index >= 15 is 0 Å². The van der Waals surface area contributed by atoms with Gasteiger partial charge in [-0.15, -0.1) is 4.91 Å². The van der Waals surface area contributed by atoms with Crippen LogP contribution < -0.4 is 0 Å². The monoisotopic (exact) mass is 225 g/mol. The van der Waals surface area contributed by atoms with Crippen LogP contribution in [-0.4, -0.2) is 36.1 Å². The maximum absolute atomic E-state index is 10.2. The fourth-order valence-corrected chi connectivity index (χ4v) is 1.31. The summed E-state index contributed by atoms with van der Waals surface area (Å²) in [6.07, 6.45) is -0.161. The molecule has 0 amide bonds. The standard InChI is InChI=1S/C11H15NO4/c13-5-6-16-8-11(14)7-9-1-3-10(12-15)4-2-9/h1-4,11,13-14H,5-8H2. The minimum atomic E-state index is -0.610. The molecule has 1 unspecified atom stereocenters. The number of nitrogens with zero attached hydrogens (tertiary/aromatic N) is 1. The van der Waals surface area contributed by atoms with Crippen LogP contribution in [0.15, 0.2) is 29.4 Å². The Bertz CT molecular complexity index is 312. The van der Waals surface area contributed by atoms with Crippen LogP contribution in [0.1, 0.15) is 5.56 Å². The number of benzene rings is 1. The largest absolute Gasteiger partial charge is 0.394 e. The van der Waals surface area contributed by atoms with Crippen molar-refractivity contribution < 1.29 is 14.9 Å². The zero-order valence-electron chi connectivity index (χ0n) is 8.87. The zero-order valence-corrected chi connectivity index (χ0v) is 8.87. The van der Waals surface area contributed by atoms with Crippen LogP contribution in [-0.2, 0) is 11.2 Å². The molecule has 0 aliphatic rings. The number of rotatable bonds is 7. The molecule has 0 heterocycles. The van der Waals surface area contributed by atoms with Crippen molar-refractivity contribution in [2.75, 3.05) is 19.8 Å². The van der Waals surface area contributed by atoms with E-state index in [0.717, 1.165) is 5.56 Å². The van der Waals surface area contributed by atoms with Gasteiger partial charge < -0.3 is 14.9 Å². The Morgan fingerprint density at radius 2 is 2.00 bits per heavy atom. The van der Waals surface area contributed by atoms with E-state index in [1.54, 1.807) is 24.3 Å². The van der Waals surface area contributed by atoms with E-state index < -0.39 is 6.10 Å². The average molecular weight is 225 g/mol. The first kappa shape index (κ1) is 12.8. The molecule has 1 aromatic carbocycles. The average Bonchev–Trinajstić information content (AvgIpc) is 2.30. The second kappa shape index (κ2) is 7.05. The molecule has 1 atom stereocenters. The van der Waals surface area contributed by atoms with Gasteiger partial charge in [0.15, 0.2) is 0 Å². The van der Waals surface area contributed by atoms with Crippen LogP contribution in [0.3, 0.4) is 0 Å². The first-order valence-electron chi connectivity index (χ1n) is 5.05. The fraction of sp³-hybridized carbons (Fsp3) is 0.455. The lowest BCUT2D eigenvalue weighted by Gasteiger charge is -2.10.